The molecule has 0 spiro atoms. The van der Waals surface area contributed by atoms with E-state index in [1.54, 1.807) is 4.90 Å². The van der Waals surface area contributed by atoms with E-state index in [2.05, 4.69) is 5.32 Å². The number of nitrogens with one attached hydrogen (secondary N) is 1. The number of fused-ring (bicyclic) bond motifs is 1. The third kappa shape index (κ3) is 5.06. The van der Waals surface area contributed by atoms with E-state index in [-0.39, 0.29) is 18.4 Å². The van der Waals surface area contributed by atoms with Crippen LogP contribution in [0.4, 0.5) is 10.5 Å². The Bertz CT molecular complexity index is 1150. The van der Waals surface area contributed by atoms with Crippen LogP contribution in [0.15, 0.2) is 53.5 Å². The molecule has 0 aromatic heterocycles. The standard InChI is InChI=1S/C29H33N3O4/c1-19-9-8-14-23-25(22-12-6-3-7-13-22)30-27(31-29(35)36-18-20-10-4-2-5-11-20)28(34)32(26(19)23)24(17-33)21-15-16-21/h2,4-5,8-11,14,17,21-22,24,27H,3,6-7,12-13,15-16,18H2,1H3,(H,31,35)/t24?,27-/m1/s1. The summed E-state index contributed by atoms with van der Waals surface area (Å²) in [5.74, 6) is -0.0647. The van der Waals surface area contributed by atoms with Crippen LogP contribution in [0, 0.1) is 18.8 Å². The minimum atomic E-state index is -1.15. The summed E-state index contributed by atoms with van der Waals surface area (Å²) in [4.78, 5) is 45.6. The van der Waals surface area contributed by atoms with Crippen LogP contribution in [0.2, 0.25) is 0 Å². The average Bonchev–Trinajstić information content (AvgIpc) is 3.75. The number of hydrogen-bond acceptors (Lipinski definition) is 5. The number of hydrogen-bond donors (Lipinski definition) is 1. The minimum absolute atomic E-state index is 0.0921. The number of rotatable bonds is 7. The molecule has 188 valence electrons. The van der Waals surface area contributed by atoms with E-state index in [9.17, 15) is 14.4 Å². The summed E-state index contributed by atoms with van der Waals surface area (Å²) < 4.78 is 5.42. The fourth-order valence-electron chi connectivity index (χ4n) is 5.48. The summed E-state index contributed by atoms with van der Waals surface area (Å²) in [5, 5.41) is 2.71. The number of benzodiazepines with no additional fused rings is 1. The number of para-hydroxylation sites is 1. The molecule has 3 aliphatic rings. The molecule has 7 nitrogen and oxygen atoms in total. The molecule has 1 N–H and O–H groups in total. The van der Waals surface area contributed by atoms with Crippen molar-refractivity contribution in [3.63, 3.8) is 0 Å². The molecule has 2 saturated carbocycles. The molecule has 2 atom stereocenters. The molecule has 0 radical (unpaired) electrons. The molecule has 1 aliphatic heterocycles. The van der Waals surface area contributed by atoms with Gasteiger partial charge in [0.15, 0.2) is 0 Å². The van der Waals surface area contributed by atoms with Crippen molar-refractivity contribution in [3.8, 4) is 0 Å². The van der Waals surface area contributed by atoms with E-state index in [1.165, 1.54) is 6.42 Å². The van der Waals surface area contributed by atoms with Gasteiger partial charge in [-0.25, -0.2) is 4.79 Å². The Labute approximate surface area is 211 Å². The number of carbonyl (C=O) groups is 3. The summed E-state index contributed by atoms with van der Waals surface area (Å²) >= 11 is 0. The number of aryl methyl sites for hydroxylation is 1. The van der Waals surface area contributed by atoms with Crippen molar-refractivity contribution in [2.24, 2.45) is 16.8 Å². The summed E-state index contributed by atoms with van der Waals surface area (Å²) in [5.41, 5.74) is 4.26. The molecular weight excluding hydrogens is 454 g/mol. The number of alkyl carbamates (subject to hydrolysis) is 1. The van der Waals surface area contributed by atoms with Crippen LogP contribution in [-0.2, 0) is 20.9 Å². The second-order valence-corrected chi connectivity index (χ2v) is 10.1. The van der Waals surface area contributed by atoms with Crippen molar-refractivity contribution < 1.29 is 19.1 Å². The maximum Gasteiger partial charge on any atom is 0.409 e. The molecule has 0 saturated heterocycles. The lowest BCUT2D eigenvalue weighted by atomic mass is 9.82. The molecule has 0 bridgehead atoms. The zero-order valence-electron chi connectivity index (χ0n) is 20.7. The maximum absolute atomic E-state index is 14.0. The lowest BCUT2D eigenvalue weighted by molar-refractivity contribution is -0.122. The average molecular weight is 488 g/mol. The van der Waals surface area contributed by atoms with Crippen molar-refractivity contribution in [2.45, 2.75) is 70.7 Å². The number of benzene rings is 2. The molecule has 2 aromatic rings. The van der Waals surface area contributed by atoms with Gasteiger partial charge in [0.2, 0.25) is 6.17 Å². The van der Waals surface area contributed by atoms with Crippen LogP contribution in [0.25, 0.3) is 0 Å². The number of aliphatic imine (C=N–C) groups is 1. The van der Waals surface area contributed by atoms with Gasteiger partial charge in [-0.15, -0.1) is 0 Å². The molecule has 2 aliphatic carbocycles. The van der Waals surface area contributed by atoms with Crippen molar-refractivity contribution >= 4 is 29.7 Å². The predicted octanol–water partition coefficient (Wildman–Crippen LogP) is 4.94. The quantitative estimate of drug-likeness (QED) is 0.560. The molecule has 2 amide bonds. The normalized spacial score (nSPS) is 21.1. The van der Waals surface area contributed by atoms with Gasteiger partial charge in [-0.3, -0.25) is 20.0 Å². The Kier molecular flexibility index (Phi) is 7.16. The van der Waals surface area contributed by atoms with E-state index in [1.807, 2.05) is 55.5 Å². The van der Waals surface area contributed by atoms with Gasteiger partial charge in [-0.2, -0.15) is 0 Å². The summed E-state index contributed by atoms with van der Waals surface area (Å²) in [6, 6.07) is 14.8. The predicted molar refractivity (Wildman–Crippen MR) is 138 cm³/mol. The lowest BCUT2D eigenvalue weighted by Crippen LogP contribution is -2.52. The van der Waals surface area contributed by atoms with E-state index < -0.39 is 24.2 Å². The maximum atomic E-state index is 14.0. The highest BCUT2D eigenvalue weighted by molar-refractivity contribution is 6.15. The Morgan fingerprint density at radius 2 is 1.83 bits per heavy atom. The van der Waals surface area contributed by atoms with E-state index in [0.717, 1.165) is 72.9 Å². The van der Waals surface area contributed by atoms with Crippen LogP contribution in [-0.4, -0.2) is 36.2 Å². The zero-order chi connectivity index (χ0) is 25.1. The van der Waals surface area contributed by atoms with Gasteiger partial charge in [-0.05, 0) is 49.7 Å². The zero-order valence-corrected chi connectivity index (χ0v) is 20.7. The number of nitrogens with zero attached hydrogens (tertiary/aromatic N) is 2. The Balaban J connectivity index is 1.51. The third-order valence-electron chi connectivity index (χ3n) is 7.50. The Morgan fingerprint density at radius 1 is 1.08 bits per heavy atom. The van der Waals surface area contributed by atoms with Crippen LogP contribution in [0.1, 0.15) is 61.6 Å². The van der Waals surface area contributed by atoms with Crippen LogP contribution in [0.3, 0.4) is 0 Å². The highest BCUT2D eigenvalue weighted by Crippen LogP contribution is 2.41. The molecule has 1 heterocycles. The molecule has 5 rings (SSSR count). The topological polar surface area (TPSA) is 88.1 Å². The van der Waals surface area contributed by atoms with E-state index >= 15 is 0 Å². The number of amides is 2. The SMILES string of the molecule is Cc1cccc2c1N(C(C=O)C1CC1)C(=O)[C@@H](NC(=O)OCc1ccccc1)N=C2C1CCCCC1. The second kappa shape index (κ2) is 10.6. The van der Waals surface area contributed by atoms with Gasteiger partial charge in [0.1, 0.15) is 12.9 Å². The van der Waals surface area contributed by atoms with Gasteiger partial charge in [0.05, 0.1) is 17.4 Å². The highest BCUT2D eigenvalue weighted by Gasteiger charge is 2.44. The minimum Gasteiger partial charge on any atom is -0.445 e. The fourth-order valence-corrected chi connectivity index (χ4v) is 5.48. The van der Waals surface area contributed by atoms with Gasteiger partial charge in [0, 0.05) is 11.5 Å². The first kappa shape index (κ1) is 24.2. The number of ether oxygens (including phenoxy) is 1. The highest BCUT2D eigenvalue weighted by atomic mass is 16.5. The molecule has 2 fully saturated rings. The van der Waals surface area contributed by atoms with E-state index in [0.29, 0.717) is 0 Å². The fraction of sp³-hybridized carbons (Fsp3) is 0.448. The molecule has 36 heavy (non-hydrogen) atoms. The van der Waals surface area contributed by atoms with Crippen LogP contribution in [0.5, 0.6) is 0 Å². The van der Waals surface area contributed by atoms with Crippen molar-refractivity contribution in [1.82, 2.24) is 5.32 Å². The first-order valence-electron chi connectivity index (χ1n) is 13.0. The lowest BCUT2D eigenvalue weighted by Gasteiger charge is -2.32. The first-order chi connectivity index (χ1) is 17.6. The molecule has 7 heteroatoms. The Hall–Kier alpha value is -3.48. The van der Waals surface area contributed by atoms with Crippen LogP contribution >= 0.6 is 0 Å². The van der Waals surface area contributed by atoms with Gasteiger partial charge in [0.25, 0.3) is 5.91 Å². The largest absolute Gasteiger partial charge is 0.445 e. The molecule has 2 aromatic carbocycles. The number of carbonyl (C=O) groups excluding carboxylic acids is 3. The van der Waals surface area contributed by atoms with Gasteiger partial charge < -0.3 is 9.53 Å². The van der Waals surface area contributed by atoms with E-state index in [4.69, 9.17) is 9.73 Å². The van der Waals surface area contributed by atoms with Gasteiger partial charge >= 0.3 is 6.09 Å². The second-order valence-electron chi connectivity index (χ2n) is 10.1. The third-order valence-corrected chi connectivity index (χ3v) is 7.50. The summed E-state index contributed by atoms with van der Waals surface area (Å²) in [6.45, 7) is 2.06. The van der Waals surface area contributed by atoms with Crippen molar-refractivity contribution in [1.29, 1.82) is 0 Å². The summed E-state index contributed by atoms with van der Waals surface area (Å²) in [7, 11) is 0. The monoisotopic (exact) mass is 487 g/mol. The first-order valence-corrected chi connectivity index (χ1v) is 13.0. The van der Waals surface area contributed by atoms with Gasteiger partial charge in [-0.1, -0.05) is 67.8 Å². The Morgan fingerprint density at radius 3 is 2.53 bits per heavy atom. The number of aldehydes is 1. The molecule has 1 unspecified atom stereocenters. The van der Waals surface area contributed by atoms with Crippen LogP contribution < -0.4 is 10.2 Å². The molecular formula is C29H33N3O4. The number of anilines is 1. The van der Waals surface area contributed by atoms with Crippen molar-refractivity contribution in [2.75, 3.05) is 4.90 Å². The van der Waals surface area contributed by atoms with Crippen molar-refractivity contribution in [3.05, 3.63) is 65.2 Å². The summed E-state index contributed by atoms with van der Waals surface area (Å²) in [6.07, 6.45) is 6.22. The smallest absolute Gasteiger partial charge is 0.409 e.